The maximum Gasteiger partial charge on any atom is 0.335 e. The lowest BCUT2D eigenvalue weighted by Gasteiger charge is -2.17. The van der Waals surface area contributed by atoms with Gasteiger partial charge in [0.1, 0.15) is 5.75 Å². The SMILES string of the molecule is COc1cccc(Cl)c1C=C1C(=O)N(c2ccc(C(=O)O)cc2)c2cccc(C)c21. The van der Waals surface area contributed by atoms with Crippen LogP contribution in [0.5, 0.6) is 5.75 Å². The van der Waals surface area contributed by atoms with Gasteiger partial charge < -0.3 is 9.84 Å². The molecule has 6 heteroatoms. The molecule has 150 valence electrons. The van der Waals surface area contributed by atoms with Crippen molar-refractivity contribution in [3.05, 3.63) is 87.9 Å². The fourth-order valence-corrected chi connectivity index (χ4v) is 3.87. The summed E-state index contributed by atoms with van der Waals surface area (Å²) in [5.41, 5.74) is 4.37. The zero-order chi connectivity index (χ0) is 21.4. The standard InChI is InChI=1S/C24H18ClNO4/c1-14-5-3-7-20-22(14)18(13-17-19(25)6-4-8-21(17)30-2)23(27)26(20)16-11-9-15(10-12-16)24(28)29/h3-13H,1-2H3,(H,28,29). The van der Waals surface area contributed by atoms with E-state index >= 15 is 0 Å². The molecule has 1 aliphatic rings. The van der Waals surface area contributed by atoms with Crippen LogP contribution in [0.4, 0.5) is 11.4 Å². The van der Waals surface area contributed by atoms with Crippen LogP contribution in [-0.2, 0) is 4.79 Å². The topological polar surface area (TPSA) is 66.8 Å². The number of carboxylic acids is 1. The van der Waals surface area contributed by atoms with Crippen molar-refractivity contribution in [2.45, 2.75) is 6.92 Å². The number of halogens is 1. The quantitative estimate of drug-likeness (QED) is 0.561. The molecular weight excluding hydrogens is 402 g/mol. The van der Waals surface area contributed by atoms with Gasteiger partial charge in [0.25, 0.3) is 5.91 Å². The number of anilines is 2. The van der Waals surface area contributed by atoms with Crippen molar-refractivity contribution in [3.63, 3.8) is 0 Å². The molecule has 5 nitrogen and oxygen atoms in total. The second-order valence-corrected chi connectivity index (χ2v) is 7.28. The molecule has 0 spiro atoms. The van der Waals surface area contributed by atoms with Crippen molar-refractivity contribution in [1.29, 1.82) is 0 Å². The Morgan fingerprint density at radius 1 is 1.07 bits per heavy atom. The summed E-state index contributed by atoms with van der Waals surface area (Å²) in [6.45, 7) is 1.95. The summed E-state index contributed by atoms with van der Waals surface area (Å²) in [6, 6.07) is 17.3. The first kappa shape index (κ1) is 19.7. The number of hydrogen-bond donors (Lipinski definition) is 1. The highest BCUT2D eigenvalue weighted by Crippen LogP contribution is 2.45. The summed E-state index contributed by atoms with van der Waals surface area (Å²) >= 11 is 6.40. The van der Waals surface area contributed by atoms with E-state index in [0.29, 0.717) is 27.6 Å². The summed E-state index contributed by atoms with van der Waals surface area (Å²) in [7, 11) is 1.56. The fraction of sp³-hybridized carbons (Fsp3) is 0.0833. The van der Waals surface area contributed by atoms with Crippen LogP contribution >= 0.6 is 11.6 Å². The molecule has 1 heterocycles. The molecule has 1 N–H and O–H groups in total. The molecule has 0 unspecified atom stereocenters. The Labute approximate surface area is 178 Å². The minimum atomic E-state index is -1.02. The summed E-state index contributed by atoms with van der Waals surface area (Å²) in [5, 5.41) is 9.64. The summed E-state index contributed by atoms with van der Waals surface area (Å²) < 4.78 is 5.43. The predicted octanol–water partition coefficient (Wildman–Crippen LogP) is 5.57. The number of nitrogens with zero attached hydrogens (tertiary/aromatic N) is 1. The van der Waals surface area contributed by atoms with Crippen LogP contribution in [0.15, 0.2) is 60.7 Å². The molecule has 4 rings (SSSR count). The van der Waals surface area contributed by atoms with Gasteiger partial charge in [-0.1, -0.05) is 29.8 Å². The number of aryl methyl sites for hydroxylation is 1. The van der Waals surface area contributed by atoms with E-state index in [9.17, 15) is 9.59 Å². The van der Waals surface area contributed by atoms with Gasteiger partial charge in [0.15, 0.2) is 0 Å². The normalized spacial score (nSPS) is 14.2. The second kappa shape index (κ2) is 7.69. The highest BCUT2D eigenvalue weighted by atomic mass is 35.5. The van der Waals surface area contributed by atoms with Gasteiger partial charge in [-0.15, -0.1) is 0 Å². The van der Waals surface area contributed by atoms with Crippen LogP contribution in [0.1, 0.15) is 27.0 Å². The van der Waals surface area contributed by atoms with Crippen LogP contribution < -0.4 is 9.64 Å². The summed E-state index contributed by atoms with van der Waals surface area (Å²) in [5.74, 6) is -0.663. The third-order valence-electron chi connectivity index (χ3n) is 5.09. The Balaban J connectivity index is 1.90. The lowest BCUT2D eigenvalue weighted by atomic mass is 9.99. The van der Waals surface area contributed by atoms with Gasteiger partial charge in [0.2, 0.25) is 0 Å². The molecule has 0 aromatic heterocycles. The van der Waals surface area contributed by atoms with E-state index in [4.69, 9.17) is 21.4 Å². The second-order valence-electron chi connectivity index (χ2n) is 6.88. The highest BCUT2D eigenvalue weighted by Gasteiger charge is 2.35. The van der Waals surface area contributed by atoms with Crippen LogP contribution in [0.3, 0.4) is 0 Å². The van der Waals surface area contributed by atoms with Crippen molar-refractivity contribution in [2.75, 3.05) is 12.0 Å². The van der Waals surface area contributed by atoms with E-state index in [-0.39, 0.29) is 11.5 Å². The predicted molar refractivity (Wildman–Crippen MR) is 118 cm³/mol. The van der Waals surface area contributed by atoms with Crippen LogP contribution in [0.2, 0.25) is 5.02 Å². The van der Waals surface area contributed by atoms with Crippen molar-refractivity contribution in [3.8, 4) is 5.75 Å². The Morgan fingerprint density at radius 2 is 1.77 bits per heavy atom. The molecule has 0 saturated heterocycles. The van der Waals surface area contributed by atoms with E-state index in [2.05, 4.69) is 0 Å². The number of methoxy groups -OCH3 is 1. The average Bonchev–Trinajstić information content (AvgIpc) is 3.02. The molecule has 0 atom stereocenters. The van der Waals surface area contributed by atoms with Gasteiger partial charge in [0.05, 0.1) is 29.0 Å². The number of hydrogen-bond acceptors (Lipinski definition) is 3. The number of benzene rings is 3. The van der Waals surface area contributed by atoms with E-state index < -0.39 is 5.97 Å². The Bertz CT molecular complexity index is 1200. The van der Waals surface area contributed by atoms with E-state index in [1.807, 2.05) is 25.1 Å². The molecular formula is C24H18ClNO4. The molecule has 3 aromatic carbocycles. The Hall–Kier alpha value is -3.57. The monoisotopic (exact) mass is 419 g/mol. The maximum atomic E-state index is 13.5. The largest absolute Gasteiger partial charge is 0.496 e. The Morgan fingerprint density at radius 3 is 2.43 bits per heavy atom. The van der Waals surface area contributed by atoms with Crippen molar-refractivity contribution >= 4 is 46.5 Å². The zero-order valence-electron chi connectivity index (χ0n) is 16.3. The van der Waals surface area contributed by atoms with E-state index in [0.717, 1.165) is 16.8 Å². The minimum absolute atomic E-state index is 0.159. The summed E-state index contributed by atoms with van der Waals surface area (Å²) in [6.07, 6.45) is 1.75. The van der Waals surface area contributed by atoms with Crippen LogP contribution in [-0.4, -0.2) is 24.1 Å². The molecule has 0 bridgehead atoms. The molecule has 1 aliphatic heterocycles. The number of amides is 1. The number of fused-ring (bicyclic) bond motifs is 1. The number of carbonyl (C=O) groups is 2. The van der Waals surface area contributed by atoms with Crippen molar-refractivity contribution in [1.82, 2.24) is 0 Å². The smallest absolute Gasteiger partial charge is 0.335 e. The highest BCUT2D eigenvalue weighted by molar-refractivity contribution is 6.39. The van der Waals surface area contributed by atoms with Crippen LogP contribution in [0, 0.1) is 6.92 Å². The molecule has 30 heavy (non-hydrogen) atoms. The third-order valence-corrected chi connectivity index (χ3v) is 5.42. The molecule has 0 fully saturated rings. The third kappa shape index (κ3) is 3.23. The van der Waals surface area contributed by atoms with Gasteiger partial charge in [-0.25, -0.2) is 4.79 Å². The molecule has 1 amide bonds. The maximum absolute atomic E-state index is 13.5. The van der Waals surface area contributed by atoms with Gasteiger partial charge in [-0.2, -0.15) is 0 Å². The Kier molecular flexibility index (Phi) is 5.06. The van der Waals surface area contributed by atoms with Gasteiger partial charge in [-0.3, -0.25) is 9.69 Å². The van der Waals surface area contributed by atoms with E-state index in [1.54, 1.807) is 48.4 Å². The summed E-state index contributed by atoms with van der Waals surface area (Å²) in [4.78, 5) is 26.3. The lowest BCUT2D eigenvalue weighted by Crippen LogP contribution is -2.20. The molecule has 0 aliphatic carbocycles. The van der Waals surface area contributed by atoms with Crippen LogP contribution in [0.25, 0.3) is 11.6 Å². The number of rotatable bonds is 4. The zero-order valence-corrected chi connectivity index (χ0v) is 17.1. The number of aromatic carboxylic acids is 1. The van der Waals surface area contributed by atoms with E-state index in [1.165, 1.54) is 12.1 Å². The minimum Gasteiger partial charge on any atom is -0.496 e. The van der Waals surface area contributed by atoms with Gasteiger partial charge >= 0.3 is 5.97 Å². The number of ether oxygens (including phenoxy) is 1. The first-order valence-corrected chi connectivity index (χ1v) is 9.62. The number of carboxylic acid groups (broad SMARTS) is 1. The molecule has 0 radical (unpaired) electrons. The average molecular weight is 420 g/mol. The van der Waals surface area contributed by atoms with Crippen molar-refractivity contribution < 1.29 is 19.4 Å². The number of carbonyl (C=O) groups excluding carboxylic acids is 1. The first-order valence-electron chi connectivity index (χ1n) is 9.24. The molecule has 0 saturated carbocycles. The fourth-order valence-electron chi connectivity index (χ4n) is 3.65. The molecule has 3 aromatic rings. The lowest BCUT2D eigenvalue weighted by molar-refractivity contribution is -0.112. The van der Waals surface area contributed by atoms with Crippen molar-refractivity contribution in [2.24, 2.45) is 0 Å². The van der Waals surface area contributed by atoms with Gasteiger partial charge in [0, 0.05) is 16.8 Å². The van der Waals surface area contributed by atoms with Gasteiger partial charge in [-0.05, 0) is 61.0 Å². The first-order chi connectivity index (χ1) is 14.4.